The van der Waals surface area contributed by atoms with Crippen molar-refractivity contribution in [2.75, 3.05) is 0 Å². The van der Waals surface area contributed by atoms with Crippen molar-refractivity contribution in [1.29, 1.82) is 0 Å². The van der Waals surface area contributed by atoms with Gasteiger partial charge < -0.3 is 20.4 Å². The lowest BCUT2D eigenvalue weighted by atomic mass is 9.68. The summed E-state index contributed by atoms with van der Waals surface area (Å²) in [5.41, 5.74) is -2.53. The lowest BCUT2D eigenvalue weighted by Gasteiger charge is -2.33. The molecule has 0 saturated carbocycles. The van der Waals surface area contributed by atoms with E-state index in [1.54, 1.807) is 0 Å². The number of unbranched alkanes of at least 4 members (excludes halogenated alkanes) is 2. The van der Waals surface area contributed by atoms with E-state index in [1.165, 1.54) is 27.7 Å². The molecule has 0 spiro atoms. The molecule has 0 aliphatic heterocycles. The Bertz CT molecular complexity index is 469. The van der Waals surface area contributed by atoms with Crippen molar-refractivity contribution in [3.05, 3.63) is 0 Å². The van der Waals surface area contributed by atoms with Crippen LogP contribution in [0.5, 0.6) is 0 Å². The topological polar surface area (TPSA) is 149 Å². The average Bonchev–Trinajstić information content (AvgIpc) is 2.50. The molecule has 0 amide bonds. The van der Waals surface area contributed by atoms with Crippen LogP contribution < -0.4 is 0 Å². The third kappa shape index (κ3) is 8.82. The fourth-order valence-corrected chi connectivity index (χ4v) is 1.88. The fraction of sp³-hybridized carbons (Fsp3) is 0.778. The minimum Gasteiger partial charge on any atom is -0.481 e. The first-order valence-electron chi connectivity index (χ1n) is 8.63. The Labute approximate surface area is 154 Å². The van der Waals surface area contributed by atoms with Gasteiger partial charge in [-0.3, -0.25) is 19.2 Å². The summed E-state index contributed by atoms with van der Waals surface area (Å²) in [6, 6.07) is 0. The molecule has 0 radical (unpaired) electrons. The van der Waals surface area contributed by atoms with Gasteiger partial charge >= 0.3 is 23.9 Å². The molecular weight excluding hydrogens is 344 g/mol. The van der Waals surface area contributed by atoms with Crippen molar-refractivity contribution in [2.24, 2.45) is 16.7 Å². The van der Waals surface area contributed by atoms with Crippen LogP contribution in [0.4, 0.5) is 0 Å². The number of rotatable bonds is 11. The first-order valence-corrected chi connectivity index (χ1v) is 8.63. The Kier molecular flexibility index (Phi) is 11.5. The second-order valence-electron chi connectivity index (χ2n) is 7.30. The summed E-state index contributed by atoms with van der Waals surface area (Å²) in [5, 5.41) is 34.6. The van der Waals surface area contributed by atoms with Gasteiger partial charge in [0.25, 0.3) is 0 Å². The smallest absolute Gasteiger partial charge is 0.310 e. The van der Waals surface area contributed by atoms with Crippen molar-refractivity contribution in [3.63, 3.8) is 0 Å². The highest BCUT2D eigenvalue weighted by molar-refractivity contribution is 5.85. The highest BCUT2D eigenvalue weighted by Crippen LogP contribution is 2.38. The maximum atomic E-state index is 10.7. The van der Waals surface area contributed by atoms with Crippen molar-refractivity contribution >= 4 is 23.9 Å². The minimum atomic E-state index is -1.27. The Morgan fingerprint density at radius 2 is 1.19 bits per heavy atom. The van der Waals surface area contributed by atoms with Gasteiger partial charge in [-0.15, -0.1) is 0 Å². The third-order valence-electron chi connectivity index (χ3n) is 4.92. The van der Waals surface area contributed by atoms with Crippen molar-refractivity contribution in [1.82, 2.24) is 0 Å². The van der Waals surface area contributed by atoms with E-state index in [9.17, 15) is 19.2 Å². The van der Waals surface area contributed by atoms with Gasteiger partial charge in [-0.2, -0.15) is 0 Å². The van der Waals surface area contributed by atoms with Gasteiger partial charge in [0.1, 0.15) is 0 Å². The van der Waals surface area contributed by atoms with Crippen LogP contribution in [-0.2, 0) is 19.2 Å². The van der Waals surface area contributed by atoms with E-state index >= 15 is 0 Å². The van der Waals surface area contributed by atoms with E-state index in [0.717, 1.165) is 12.8 Å². The van der Waals surface area contributed by atoms with Crippen LogP contribution >= 0.6 is 0 Å². The first-order chi connectivity index (χ1) is 11.7. The predicted octanol–water partition coefficient (Wildman–Crippen LogP) is 3.34. The number of carboxylic acid groups (broad SMARTS) is 4. The number of carboxylic acids is 4. The molecule has 0 aliphatic rings. The quantitative estimate of drug-likeness (QED) is 0.401. The SMILES string of the molecule is CC(C)(C(=O)O)C(C)(C)C(=O)O.CCC(CCCCCC(=O)O)C(=O)O. The highest BCUT2D eigenvalue weighted by Gasteiger charge is 2.48. The third-order valence-corrected chi connectivity index (χ3v) is 4.92. The molecule has 0 saturated heterocycles. The first kappa shape index (κ1) is 26.1. The molecule has 152 valence electrons. The normalized spacial score (nSPS) is 12.5. The monoisotopic (exact) mass is 376 g/mol. The molecule has 0 aliphatic carbocycles. The van der Waals surface area contributed by atoms with E-state index < -0.39 is 34.7 Å². The van der Waals surface area contributed by atoms with Crippen LogP contribution in [0.3, 0.4) is 0 Å². The zero-order valence-electron chi connectivity index (χ0n) is 16.2. The van der Waals surface area contributed by atoms with Gasteiger partial charge in [0.05, 0.1) is 16.7 Å². The minimum absolute atomic E-state index is 0.184. The van der Waals surface area contributed by atoms with E-state index in [1.807, 2.05) is 6.92 Å². The van der Waals surface area contributed by atoms with Gasteiger partial charge in [-0.25, -0.2) is 0 Å². The molecule has 0 aromatic carbocycles. The number of aliphatic carboxylic acids is 4. The zero-order valence-corrected chi connectivity index (χ0v) is 16.2. The lowest BCUT2D eigenvalue weighted by Crippen LogP contribution is -2.44. The summed E-state index contributed by atoms with van der Waals surface area (Å²) in [5.74, 6) is -3.99. The maximum absolute atomic E-state index is 10.7. The summed E-state index contributed by atoms with van der Waals surface area (Å²) in [6.45, 7) is 7.48. The molecule has 8 heteroatoms. The van der Waals surface area contributed by atoms with Crippen LogP contribution in [0.15, 0.2) is 0 Å². The second-order valence-corrected chi connectivity index (χ2v) is 7.30. The molecule has 1 atom stereocenters. The zero-order chi connectivity index (χ0) is 21.1. The van der Waals surface area contributed by atoms with Gasteiger partial charge in [0, 0.05) is 6.42 Å². The van der Waals surface area contributed by atoms with Gasteiger partial charge in [-0.1, -0.05) is 19.8 Å². The highest BCUT2D eigenvalue weighted by atomic mass is 16.4. The summed E-state index contributed by atoms with van der Waals surface area (Å²) in [7, 11) is 0. The molecule has 1 unspecified atom stereocenters. The maximum Gasteiger partial charge on any atom is 0.310 e. The molecule has 0 heterocycles. The molecule has 0 fully saturated rings. The van der Waals surface area contributed by atoms with Crippen molar-refractivity contribution < 1.29 is 39.6 Å². The average molecular weight is 376 g/mol. The summed E-state index contributed by atoms with van der Waals surface area (Å²) in [4.78, 5) is 42.2. The molecule has 0 rings (SSSR count). The van der Waals surface area contributed by atoms with Crippen molar-refractivity contribution in [3.8, 4) is 0 Å². The Morgan fingerprint density at radius 3 is 1.46 bits per heavy atom. The summed E-state index contributed by atoms with van der Waals surface area (Å²) < 4.78 is 0. The summed E-state index contributed by atoms with van der Waals surface area (Å²) in [6.07, 6.45) is 3.74. The van der Waals surface area contributed by atoms with Crippen molar-refractivity contribution in [2.45, 2.75) is 73.1 Å². The van der Waals surface area contributed by atoms with Gasteiger partial charge in [0.2, 0.25) is 0 Å². The van der Waals surface area contributed by atoms with Crippen LogP contribution in [0.1, 0.15) is 73.1 Å². The molecule has 26 heavy (non-hydrogen) atoms. The second kappa shape index (κ2) is 11.5. The van der Waals surface area contributed by atoms with E-state index in [-0.39, 0.29) is 12.3 Å². The molecular formula is C18H32O8. The summed E-state index contributed by atoms with van der Waals surface area (Å²) >= 11 is 0. The fourth-order valence-electron chi connectivity index (χ4n) is 1.88. The lowest BCUT2D eigenvalue weighted by molar-refractivity contribution is -0.167. The molecule has 0 aromatic heterocycles. The Balaban J connectivity index is 0. The van der Waals surface area contributed by atoms with Crippen LogP contribution in [0.25, 0.3) is 0 Å². The van der Waals surface area contributed by atoms with Gasteiger partial charge in [-0.05, 0) is 47.0 Å². The predicted molar refractivity (Wildman–Crippen MR) is 95.0 cm³/mol. The van der Waals surface area contributed by atoms with Crippen LogP contribution in [0.2, 0.25) is 0 Å². The number of carbonyl (C=O) groups is 4. The molecule has 8 nitrogen and oxygen atoms in total. The van der Waals surface area contributed by atoms with E-state index in [0.29, 0.717) is 19.3 Å². The Morgan fingerprint density at radius 1 is 0.769 bits per heavy atom. The largest absolute Gasteiger partial charge is 0.481 e. The molecule has 4 N–H and O–H groups in total. The number of hydrogen-bond acceptors (Lipinski definition) is 4. The van der Waals surface area contributed by atoms with Crippen LogP contribution in [0, 0.1) is 16.7 Å². The Hall–Kier alpha value is -2.12. The van der Waals surface area contributed by atoms with Crippen LogP contribution in [-0.4, -0.2) is 44.3 Å². The molecule has 0 bridgehead atoms. The van der Waals surface area contributed by atoms with Gasteiger partial charge in [0.15, 0.2) is 0 Å². The van der Waals surface area contributed by atoms with E-state index in [2.05, 4.69) is 0 Å². The number of hydrogen-bond donors (Lipinski definition) is 4. The van der Waals surface area contributed by atoms with E-state index in [4.69, 9.17) is 20.4 Å². The molecule has 0 aromatic rings. The standard InChI is InChI=1S/C10H18O4.C8H14O4/c1-2-8(10(13)14)6-4-3-5-7-9(11)12;1-7(2,5(9)10)8(3,4)6(11)12/h8H,2-7H2,1H3,(H,11,12)(H,13,14);1-4H3,(H,9,10)(H,11,12).